The lowest BCUT2D eigenvalue weighted by molar-refractivity contribution is 0.0946. The Kier molecular flexibility index (Phi) is 6.88. The topological polar surface area (TPSA) is 88.6 Å². The third-order valence-corrected chi connectivity index (χ3v) is 8.19. The fourth-order valence-electron chi connectivity index (χ4n) is 3.63. The molecule has 7 nitrogen and oxygen atoms in total. The highest BCUT2D eigenvalue weighted by Gasteiger charge is 2.25. The summed E-state index contributed by atoms with van der Waals surface area (Å²) in [6.45, 7) is 1.43. The van der Waals surface area contributed by atoms with Crippen molar-refractivity contribution in [1.82, 2.24) is 14.6 Å². The summed E-state index contributed by atoms with van der Waals surface area (Å²) in [5, 5.41) is 5.27. The Morgan fingerprint density at radius 1 is 1.09 bits per heavy atom. The molecule has 0 radical (unpaired) electrons. The molecular weight excluding hydrogens is 446 g/mol. The van der Waals surface area contributed by atoms with Crippen LogP contribution in [0.3, 0.4) is 0 Å². The van der Waals surface area contributed by atoms with Crippen LogP contribution in [0.15, 0.2) is 58.8 Å². The quantitative estimate of drug-likeness (QED) is 0.564. The lowest BCUT2D eigenvalue weighted by atomic mass is 10.2. The van der Waals surface area contributed by atoms with Gasteiger partial charge in [-0.15, -0.1) is 11.3 Å². The molecular formula is C23H25N3O4S2. The van der Waals surface area contributed by atoms with Gasteiger partial charge in [0.15, 0.2) is 0 Å². The van der Waals surface area contributed by atoms with Gasteiger partial charge in [-0.3, -0.25) is 4.79 Å². The first-order chi connectivity index (χ1) is 15.5. The van der Waals surface area contributed by atoms with Crippen LogP contribution in [0, 0.1) is 0 Å². The number of hydrogen-bond donors (Lipinski definition) is 1. The molecule has 2 aromatic carbocycles. The first-order valence-electron chi connectivity index (χ1n) is 10.5. The molecule has 0 spiro atoms. The third kappa shape index (κ3) is 4.85. The van der Waals surface area contributed by atoms with Crippen LogP contribution in [0.2, 0.25) is 0 Å². The number of ether oxygens (including phenoxy) is 1. The van der Waals surface area contributed by atoms with Gasteiger partial charge in [-0.05, 0) is 42.7 Å². The summed E-state index contributed by atoms with van der Waals surface area (Å²) in [6.07, 6.45) is 2.88. The largest absolute Gasteiger partial charge is 0.496 e. The van der Waals surface area contributed by atoms with Crippen LogP contribution in [-0.2, 0) is 16.6 Å². The summed E-state index contributed by atoms with van der Waals surface area (Å²) in [6, 6.07) is 14.2. The van der Waals surface area contributed by atoms with Crippen molar-refractivity contribution in [3.63, 3.8) is 0 Å². The minimum Gasteiger partial charge on any atom is -0.496 e. The average Bonchev–Trinajstić information content (AvgIpc) is 3.33. The number of benzene rings is 2. The summed E-state index contributed by atoms with van der Waals surface area (Å²) in [5.74, 6) is 0.417. The summed E-state index contributed by atoms with van der Waals surface area (Å²) in [7, 11) is -1.86. The third-order valence-electron chi connectivity index (χ3n) is 5.40. The van der Waals surface area contributed by atoms with Crippen LogP contribution in [0.1, 0.15) is 35.3 Å². The van der Waals surface area contributed by atoms with Gasteiger partial charge in [0.25, 0.3) is 5.91 Å². The Bertz CT molecular complexity index is 1180. The fraction of sp³-hybridized carbons (Fsp3) is 0.304. The zero-order chi connectivity index (χ0) is 22.6. The standard InChI is InChI=1S/C23H25N3O4S2/c1-30-21-8-4-3-7-19(21)23-25-20(16-31-23)22(27)24-15-17-9-11-18(12-10-17)32(28,29)26-13-5-2-6-14-26/h3-4,7-12,16H,2,5-6,13-15H2,1H3,(H,24,27). The van der Waals surface area contributed by atoms with Gasteiger partial charge in [0.05, 0.1) is 17.6 Å². The molecule has 0 aliphatic carbocycles. The molecule has 1 fully saturated rings. The van der Waals surface area contributed by atoms with Gasteiger partial charge in [-0.1, -0.05) is 30.7 Å². The second kappa shape index (κ2) is 9.81. The van der Waals surface area contributed by atoms with E-state index in [2.05, 4.69) is 10.3 Å². The first kappa shape index (κ1) is 22.4. The first-order valence-corrected chi connectivity index (χ1v) is 12.8. The van der Waals surface area contributed by atoms with E-state index in [0.717, 1.165) is 30.4 Å². The highest BCUT2D eigenvalue weighted by Crippen LogP contribution is 2.31. The predicted molar refractivity (Wildman–Crippen MR) is 124 cm³/mol. The van der Waals surface area contributed by atoms with Crippen molar-refractivity contribution >= 4 is 27.3 Å². The molecule has 1 aromatic heterocycles. The van der Waals surface area contributed by atoms with Crippen LogP contribution >= 0.6 is 11.3 Å². The zero-order valence-corrected chi connectivity index (χ0v) is 19.4. The predicted octanol–water partition coefficient (Wildman–Crippen LogP) is 3.92. The molecule has 1 aliphatic heterocycles. The SMILES string of the molecule is COc1ccccc1-c1nc(C(=O)NCc2ccc(S(=O)(=O)N3CCCCC3)cc2)cs1. The molecule has 1 aliphatic rings. The number of carbonyl (C=O) groups is 1. The molecule has 1 N–H and O–H groups in total. The number of carbonyl (C=O) groups excluding carboxylic acids is 1. The Morgan fingerprint density at radius 3 is 2.53 bits per heavy atom. The number of sulfonamides is 1. The smallest absolute Gasteiger partial charge is 0.271 e. The zero-order valence-electron chi connectivity index (χ0n) is 17.8. The van der Waals surface area contributed by atoms with E-state index in [1.165, 1.54) is 11.3 Å². The maximum absolute atomic E-state index is 12.8. The van der Waals surface area contributed by atoms with E-state index in [0.29, 0.717) is 29.5 Å². The number of piperidine rings is 1. The number of nitrogens with zero attached hydrogens (tertiary/aromatic N) is 2. The molecule has 4 rings (SSSR count). The fourth-order valence-corrected chi connectivity index (χ4v) is 5.98. The molecule has 0 atom stereocenters. The van der Waals surface area contributed by atoms with Gasteiger partial charge in [0.2, 0.25) is 10.0 Å². The number of amides is 1. The molecule has 0 unspecified atom stereocenters. The molecule has 1 amide bonds. The normalized spacial score (nSPS) is 14.8. The summed E-state index contributed by atoms with van der Waals surface area (Å²) in [5.41, 5.74) is 1.99. The molecule has 32 heavy (non-hydrogen) atoms. The number of aromatic nitrogens is 1. The van der Waals surface area contributed by atoms with Crippen LogP contribution in [-0.4, -0.2) is 43.8 Å². The van der Waals surface area contributed by atoms with Gasteiger partial charge in [-0.25, -0.2) is 13.4 Å². The second-order valence-corrected chi connectivity index (χ2v) is 10.3. The second-order valence-electron chi connectivity index (χ2n) is 7.53. The Hall–Kier alpha value is -2.75. The maximum Gasteiger partial charge on any atom is 0.271 e. The maximum atomic E-state index is 12.8. The Balaban J connectivity index is 1.39. The van der Waals surface area contributed by atoms with Gasteiger partial charge in [-0.2, -0.15) is 4.31 Å². The molecule has 0 bridgehead atoms. The van der Waals surface area contributed by atoms with E-state index in [-0.39, 0.29) is 17.3 Å². The van der Waals surface area contributed by atoms with E-state index in [4.69, 9.17) is 4.74 Å². The van der Waals surface area contributed by atoms with Gasteiger partial charge >= 0.3 is 0 Å². The molecule has 3 aromatic rings. The number of nitrogens with one attached hydrogen (secondary N) is 1. The lowest BCUT2D eigenvalue weighted by Crippen LogP contribution is -2.35. The number of rotatable bonds is 7. The van der Waals surface area contributed by atoms with Crippen LogP contribution in [0.4, 0.5) is 0 Å². The molecule has 2 heterocycles. The summed E-state index contributed by atoms with van der Waals surface area (Å²) < 4.78 is 32.4. The summed E-state index contributed by atoms with van der Waals surface area (Å²) >= 11 is 1.38. The van der Waals surface area contributed by atoms with Crippen molar-refractivity contribution in [1.29, 1.82) is 0 Å². The highest BCUT2D eigenvalue weighted by atomic mass is 32.2. The monoisotopic (exact) mass is 471 g/mol. The van der Waals surface area contributed by atoms with E-state index >= 15 is 0 Å². The van der Waals surface area contributed by atoms with Gasteiger partial charge < -0.3 is 10.1 Å². The Morgan fingerprint density at radius 2 is 1.81 bits per heavy atom. The molecule has 0 saturated carbocycles. The molecule has 168 valence electrons. The van der Waals surface area contributed by atoms with Crippen LogP contribution in [0.25, 0.3) is 10.6 Å². The van der Waals surface area contributed by atoms with Crippen molar-refractivity contribution < 1.29 is 17.9 Å². The van der Waals surface area contributed by atoms with Crippen molar-refractivity contribution in [2.75, 3.05) is 20.2 Å². The molecule has 1 saturated heterocycles. The number of hydrogen-bond acceptors (Lipinski definition) is 6. The van der Waals surface area contributed by atoms with Crippen molar-refractivity contribution in [3.05, 3.63) is 65.2 Å². The van der Waals surface area contributed by atoms with Gasteiger partial charge in [0, 0.05) is 25.0 Å². The van der Waals surface area contributed by atoms with E-state index < -0.39 is 10.0 Å². The Labute approximate surface area is 192 Å². The van der Waals surface area contributed by atoms with Crippen LogP contribution < -0.4 is 10.1 Å². The van der Waals surface area contributed by atoms with Crippen LogP contribution in [0.5, 0.6) is 5.75 Å². The summed E-state index contributed by atoms with van der Waals surface area (Å²) in [4.78, 5) is 17.3. The number of methoxy groups -OCH3 is 1. The highest BCUT2D eigenvalue weighted by molar-refractivity contribution is 7.89. The van der Waals surface area contributed by atoms with E-state index in [1.54, 1.807) is 41.1 Å². The number of para-hydroxylation sites is 1. The van der Waals surface area contributed by atoms with Crippen molar-refractivity contribution in [2.24, 2.45) is 0 Å². The van der Waals surface area contributed by atoms with Gasteiger partial charge in [0.1, 0.15) is 16.5 Å². The minimum atomic E-state index is -3.46. The minimum absolute atomic E-state index is 0.282. The van der Waals surface area contributed by atoms with Crippen molar-refractivity contribution in [2.45, 2.75) is 30.7 Å². The average molecular weight is 472 g/mol. The number of thiazole rings is 1. The van der Waals surface area contributed by atoms with E-state index in [9.17, 15) is 13.2 Å². The van der Waals surface area contributed by atoms with E-state index in [1.807, 2.05) is 24.3 Å². The lowest BCUT2D eigenvalue weighted by Gasteiger charge is -2.25. The van der Waals surface area contributed by atoms with Crippen molar-refractivity contribution in [3.8, 4) is 16.3 Å². The molecule has 9 heteroatoms.